The van der Waals surface area contributed by atoms with Crippen molar-refractivity contribution in [3.05, 3.63) is 23.3 Å². The summed E-state index contributed by atoms with van der Waals surface area (Å²) >= 11 is 0. The van der Waals surface area contributed by atoms with E-state index in [1.807, 2.05) is 0 Å². The van der Waals surface area contributed by atoms with Crippen LogP contribution in [0.5, 0.6) is 11.5 Å². The lowest BCUT2D eigenvalue weighted by molar-refractivity contribution is 0.277. The van der Waals surface area contributed by atoms with E-state index >= 15 is 0 Å². The molecule has 0 saturated heterocycles. The summed E-state index contributed by atoms with van der Waals surface area (Å²) in [4.78, 5) is 0. The number of aromatic hydroxyl groups is 2. The van der Waals surface area contributed by atoms with E-state index in [1.54, 1.807) is 26.4 Å². The smallest absolute Gasteiger partial charge is 0.119 e. The zero-order valence-electron chi connectivity index (χ0n) is 12.7. The largest absolute Gasteiger partial charge is 0.508 e. The molecule has 0 aliphatic carbocycles. The van der Waals surface area contributed by atoms with E-state index in [-0.39, 0.29) is 0 Å². The van der Waals surface area contributed by atoms with Crippen LogP contribution in [-0.4, -0.2) is 24.4 Å². The van der Waals surface area contributed by atoms with Gasteiger partial charge in [-0.15, -0.1) is 0 Å². The summed E-state index contributed by atoms with van der Waals surface area (Å²) in [6.45, 7) is 4.26. The summed E-state index contributed by atoms with van der Waals surface area (Å²) < 4.78 is 4.25. The van der Waals surface area contributed by atoms with Gasteiger partial charge < -0.3 is 14.9 Å². The predicted octanol–water partition coefficient (Wildman–Crippen LogP) is 4.05. The normalized spacial score (nSPS) is 9.89. The van der Waals surface area contributed by atoms with E-state index in [4.69, 9.17) is 0 Å². The molecular weight excluding hydrogens is 240 g/mol. The molecule has 0 saturated carbocycles. The fourth-order valence-corrected chi connectivity index (χ4v) is 1.93. The maximum atomic E-state index is 9.83. The molecule has 0 fully saturated rings. The number of ether oxygens (including phenoxy) is 1. The van der Waals surface area contributed by atoms with Crippen molar-refractivity contribution in [1.82, 2.24) is 0 Å². The molecule has 0 radical (unpaired) electrons. The van der Waals surface area contributed by atoms with Crippen molar-refractivity contribution < 1.29 is 14.9 Å². The third-order valence-electron chi connectivity index (χ3n) is 2.94. The molecule has 0 aliphatic heterocycles. The second kappa shape index (κ2) is 10.7. The third kappa shape index (κ3) is 6.48. The Morgan fingerprint density at radius 3 is 1.42 bits per heavy atom. The summed E-state index contributed by atoms with van der Waals surface area (Å²) in [5.74, 6) is 0.662. The van der Waals surface area contributed by atoms with Gasteiger partial charge in [0.1, 0.15) is 11.5 Å². The summed E-state index contributed by atoms with van der Waals surface area (Å²) in [5.41, 5.74) is 1.88. The highest BCUT2D eigenvalue weighted by Crippen LogP contribution is 2.31. The van der Waals surface area contributed by atoms with Crippen molar-refractivity contribution in [2.24, 2.45) is 0 Å². The Hall–Kier alpha value is -1.22. The second-order valence-electron chi connectivity index (χ2n) is 4.68. The van der Waals surface area contributed by atoms with E-state index in [0.29, 0.717) is 11.5 Å². The maximum Gasteiger partial charge on any atom is 0.119 e. The first kappa shape index (κ1) is 17.8. The van der Waals surface area contributed by atoms with Gasteiger partial charge in [0.25, 0.3) is 0 Å². The Kier molecular flexibility index (Phi) is 9.99. The van der Waals surface area contributed by atoms with Crippen molar-refractivity contribution in [2.45, 2.75) is 52.4 Å². The highest BCUT2D eigenvalue weighted by molar-refractivity contribution is 5.47. The Morgan fingerprint density at radius 1 is 0.842 bits per heavy atom. The van der Waals surface area contributed by atoms with Crippen LogP contribution in [0.1, 0.15) is 50.7 Å². The van der Waals surface area contributed by atoms with Crippen molar-refractivity contribution in [1.29, 1.82) is 0 Å². The molecule has 2 N–H and O–H groups in total. The minimum atomic E-state index is 0.331. The van der Waals surface area contributed by atoms with E-state index in [2.05, 4.69) is 18.6 Å². The molecule has 0 aliphatic rings. The molecule has 1 aromatic carbocycles. The molecule has 0 atom stereocenters. The first-order valence-corrected chi connectivity index (χ1v) is 7.05. The van der Waals surface area contributed by atoms with Crippen LogP contribution < -0.4 is 0 Å². The number of hydrogen-bond acceptors (Lipinski definition) is 3. The minimum Gasteiger partial charge on any atom is -0.508 e. The first-order valence-electron chi connectivity index (χ1n) is 7.05. The molecule has 0 heterocycles. The summed E-state index contributed by atoms with van der Waals surface area (Å²) in [5, 5.41) is 19.7. The number of phenolic OH excluding ortho intramolecular Hbond substituents is 2. The predicted molar refractivity (Wildman–Crippen MR) is 79.9 cm³/mol. The van der Waals surface area contributed by atoms with Crippen LogP contribution in [-0.2, 0) is 17.6 Å². The SMILES string of the molecule is CCCCc1c(O)ccc(O)c1CCCC.COC. The van der Waals surface area contributed by atoms with Gasteiger partial charge >= 0.3 is 0 Å². The Bertz CT molecular complexity index is 315. The average molecular weight is 268 g/mol. The topological polar surface area (TPSA) is 49.7 Å². The number of methoxy groups -OCH3 is 1. The van der Waals surface area contributed by atoms with Gasteiger partial charge in [0, 0.05) is 25.3 Å². The van der Waals surface area contributed by atoms with Gasteiger partial charge in [-0.05, 0) is 37.8 Å². The highest BCUT2D eigenvalue weighted by Gasteiger charge is 2.11. The van der Waals surface area contributed by atoms with Crippen LogP contribution in [0.15, 0.2) is 12.1 Å². The van der Waals surface area contributed by atoms with Crippen LogP contribution in [0.25, 0.3) is 0 Å². The molecule has 3 nitrogen and oxygen atoms in total. The van der Waals surface area contributed by atoms with Crippen LogP contribution in [0, 0.1) is 0 Å². The van der Waals surface area contributed by atoms with Crippen LogP contribution in [0.3, 0.4) is 0 Å². The summed E-state index contributed by atoms with van der Waals surface area (Å²) in [6, 6.07) is 3.19. The third-order valence-corrected chi connectivity index (χ3v) is 2.94. The van der Waals surface area contributed by atoms with Gasteiger partial charge in [-0.1, -0.05) is 26.7 Å². The molecule has 110 valence electrons. The van der Waals surface area contributed by atoms with E-state index < -0.39 is 0 Å². The number of unbranched alkanes of at least 4 members (excludes halogenated alkanes) is 2. The number of benzene rings is 1. The molecule has 0 amide bonds. The lowest BCUT2D eigenvalue weighted by Crippen LogP contribution is -1.96. The van der Waals surface area contributed by atoms with Gasteiger partial charge in [0.05, 0.1) is 0 Å². The molecule has 19 heavy (non-hydrogen) atoms. The fraction of sp³-hybridized carbons (Fsp3) is 0.625. The lowest BCUT2D eigenvalue weighted by atomic mass is 9.96. The molecule has 0 unspecified atom stereocenters. The number of phenols is 2. The first-order chi connectivity index (χ1) is 9.12. The van der Waals surface area contributed by atoms with E-state index in [0.717, 1.165) is 49.7 Å². The zero-order valence-corrected chi connectivity index (χ0v) is 12.7. The zero-order chi connectivity index (χ0) is 14.7. The van der Waals surface area contributed by atoms with Crippen molar-refractivity contribution in [3.8, 4) is 11.5 Å². The van der Waals surface area contributed by atoms with Crippen LogP contribution in [0.2, 0.25) is 0 Å². The summed E-state index contributed by atoms with van der Waals surface area (Å²) in [6.07, 6.45) is 6.02. The monoisotopic (exact) mass is 268 g/mol. The average Bonchev–Trinajstić information content (AvgIpc) is 2.39. The second-order valence-corrected chi connectivity index (χ2v) is 4.68. The van der Waals surface area contributed by atoms with E-state index in [1.165, 1.54) is 0 Å². The van der Waals surface area contributed by atoms with Gasteiger partial charge in [-0.3, -0.25) is 0 Å². The van der Waals surface area contributed by atoms with Crippen LogP contribution >= 0.6 is 0 Å². The Balaban J connectivity index is 0.000000982. The van der Waals surface area contributed by atoms with Gasteiger partial charge in [0.2, 0.25) is 0 Å². The molecule has 1 aromatic rings. The standard InChI is InChI=1S/C14H22O2.C2H6O/c1-3-5-7-11-12(8-6-4-2)14(16)10-9-13(11)15;1-3-2/h9-10,15-16H,3-8H2,1-2H3;1-2H3. The molecule has 3 heteroatoms. The molecule has 0 aromatic heterocycles. The van der Waals surface area contributed by atoms with Crippen LogP contribution in [0.4, 0.5) is 0 Å². The molecule has 0 bridgehead atoms. The van der Waals surface area contributed by atoms with Gasteiger partial charge in [0.15, 0.2) is 0 Å². The highest BCUT2D eigenvalue weighted by atomic mass is 16.4. The molecule has 0 spiro atoms. The van der Waals surface area contributed by atoms with Crippen molar-refractivity contribution >= 4 is 0 Å². The summed E-state index contributed by atoms with van der Waals surface area (Å²) in [7, 11) is 3.25. The molecule has 1 rings (SSSR count). The maximum absolute atomic E-state index is 9.83. The number of rotatable bonds is 6. The van der Waals surface area contributed by atoms with Gasteiger partial charge in [-0.2, -0.15) is 0 Å². The van der Waals surface area contributed by atoms with Crippen molar-refractivity contribution in [3.63, 3.8) is 0 Å². The Morgan fingerprint density at radius 2 is 1.16 bits per heavy atom. The van der Waals surface area contributed by atoms with E-state index in [9.17, 15) is 10.2 Å². The quantitative estimate of drug-likeness (QED) is 0.765. The number of hydrogen-bond donors (Lipinski definition) is 2. The molecular formula is C16H28O3. The lowest BCUT2D eigenvalue weighted by Gasteiger charge is -2.12. The minimum absolute atomic E-state index is 0.331. The van der Waals surface area contributed by atoms with Crippen molar-refractivity contribution in [2.75, 3.05) is 14.2 Å². The fourth-order valence-electron chi connectivity index (χ4n) is 1.93. The Labute approximate surface area is 117 Å². The van der Waals surface area contributed by atoms with Gasteiger partial charge in [-0.25, -0.2) is 0 Å².